The minimum atomic E-state index is 0.0518. The maximum absolute atomic E-state index is 13.1. The maximum atomic E-state index is 13.1. The Morgan fingerprint density at radius 3 is 2.89 bits per heavy atom. The Hall–Kier alpha value is -2.50. The van der Waals surface area contributed by atoms with E-state index in [1.165, 1.54) is 5.56 Å². The summed E-state index contributed by atoms with van der Waals surface area (Å²) >= 11 is 0. The highest BCUT2D eigenvalue weighted by molar-refractivity contribution is 5.95. The van der Waals surface area contributed by atoms with Crippen LogP contribution in [0.25, 0.3) is 0 Å². The molecule has 0 bridgehead atoms. The summed E-state index contributed by atoms with van der Waals surface area (Å²) in [4.78, 5) is 15.1. The summed E-state index contributed by atoms with van der Waals surface area (Å²) in [5.74, 6) is 1.74. The number of hydrogen-bond donors (Lipinski definition) is 0. The molecule has 1 aromatic carbocycles. The zero-order valence-electron chi connectivity index (χ0n) is 16.3. The molecule has 0 saturated carbocycles. The zero-order chi connectivity index (χ0) is 19.0. The lowest BCUT2D eigenvalue weighted by Gasteiger charge is -2.40. The van der Waals surface area contributed by atoms with Gasteiger partial charge in [0.15, 0.2) is 11.5 Å². The van der Waals surface area contributed by atoms with Gasteiger partial charge < -0.3 is 14.4 Å². The van der Waals surface area contributed by atoms with Crippen molar-refractivity contribution in [2.24, 2.45) is 5.41 Å². The first-order valence-electron chi connectivity index (χ1n) is 9.69. The number of likely N-dealkylation sites (tertiary alicyclic amines) is 1. The summed E-state index contributed by atoms with van der Waals surface area (Å²) < 4.78 is 12.8. The number of carbonyl (C=O) groups is 1. The number of rotatable bonds is 4. The van der Waals surface area contributed by atoms with E-state index in [-0.39, 0.29) is 11.3 Å². The fourth-order valence-electron chi connectivity index (χ4n) is 4.32. The minimum absolute atomic E-state index is 0.0518. The third-order valence-electron chi connectivity index (χ3n) is 5.77. The quantitative estimate of drug-likeness (QED) is 0.829. The van der Waals surface area contributed by atoms with Crippen LogP contribution in [0, 0.1) is 12.3 Å². The average Bonchev–Trinajstić information content (AvgIpc) is 3.26. The van der Waals surface area contributed by atoms with E-state index in [2.05, 4.69) is 24.2 Å². The molecule has 2 aromatic rings. The topological polar surface area (TPSA) is 56.6 Å². The van der Waals surface area contributed by atoms with Crippen LogP contribution in [-0.2, 0) is 13.0 Å². The van der Waals surface area contributed by atoms with Gasteiger partial charge in [0, 0.05) is 25.3 Å². The van der Waals surface area contributed by atoms with Gasteiger partial charge in [0.1, 0.15) is 0 Å². The van der Waals surface area contributed by atoms with Crippen LogP contribution in [0.1, 0.15) is 48.3 Å². The molecule has 2 aliphatic rings. The maximum Gasteiger partial charge on any atom is 0.257 e. The number of piperidine rings is 1. The molecular formula is C21H27N3O3. The Bertz CT molecular complexity index is 860. The number of carbonyl (C=O) groups excluding carboxylic acids is 1. The molecule has 0 radical (unpaired) electrons. The highest BCUT2D eigenvalue weighted by atomic mass is 16.7. The van der Waals surface area contributed by atoms with Crippen LogP contribution >= 0.6 is 0 Å². The second-order valence-corrected chi connectivity index (χ2v) is 7.96. The predicted molar refractivity (Wildman–Crippen MR) is 102 cm³/mol. The molecule has 1 amide bonds. The van der Waals surface area contributed by atoms with E-state index in [0.29, 0.717) is 6.79 Å². The van der Waals surface area contributed by atoms with Gasteiger partial charge in [-0.25, -0.2) is 0 Å². The fraction of sp³-hybridized carbons (Fsp3) is 0.524. The molecule has 1 saturated heterocycles. The van der Waals surface area contributed by atoms with Crippen molar-refractivity contribution in [3.8, 4) is 11.5 Å². The second-order valence-electron chi connectivity index (χ2n) is 7.96. The van der Waals surface area contributed by atoms with Gasteiger partial charge in [-0.2, -0.15) is 5.10 Å². The van der Waals surface area contributed by atoms with E-state index >= 15 is 0 Å². The Kier molecular flexibility index (Phi) is 4.58. The van der Waals surface area contributed by atoms with Crippen LogP contribution in [0.5, 0.6) is 11.5 Å². The molecule has 0 N–H and O–H groups in total. The zero-order valence-corrected chi connectivity index (χ0v) is 16.3. The van der Waals surface area contributed by atoms with Crippen molar-refractivity contribution >= 4 is 5.91 Å². The number of amides is 1. The Morgan fingerprint density at radius 1 is 1.30 bits per heavy atom. The average molecular weight is 369 g/mol. The van der Waals surface area contributed by atoms with E-state index in [1.54, 1.807) is 6.20 Å². The normalized spacial score (nSPS) is 21.5. The summed E-state index contributed by atoms with van der Waals surface area (Å²) in [6.45, 7) is 8.93. The van der Waals surface area contributed by atoms with Crippen LogP contribution in [0.3, 0.4) is 0 Å². The van der Waals surface area contributed by atoms with Crippen molar-refractivity contribution in [3.05, 3.63) is 41.2 Å². The molecule has 3 heterocycles. The van der Waals surface area contributed by atoms with Crippen molar-refractivity contribution in [1.82, 2.24) is 14.7 Å². The van der Waals surface area contributed by atoms with Crippen LogP contribution in [0.15, 0.2) is 24.4 Å². The number of aryl methyl sites for hydroxylation is 1. The van der Waals surface area contributed by atoms with Gasteiger partial charge in [0.25, 0.3) is 5.91 Å². The molecule has 1 fully saturated rings. The summed E-state index contributed by atoms with van der Waals surface area (Å²) in [5, 5.41) is 4.33. The monoisotopic (exact) mass is 369 g/mol. The van der Waals surface area contributed by atoms with Gasteiger partial charge in [-0.15, -0.1) is 0 Å². The largest absolute Gasteiger partial charge is 0.454 e. The van der Waals surface area contributed by atoms with E-state index < -0.39 is 0 Å². The molecule has 1 atom stereocenters. The number of benzene rings is 1. The van der Waals surface area contributed by atoms with E-state index in [9.17, 15) is 4.79 Å². The number of aromatic nitrogens is 2. The molecule has 0 unspecified atom stereocenters. The minimum Gasteiger partial charge on any atom is -0.454 e. The van der Waals surface area contributed by atoms with Crippen molar-refractivity contribution in [2.45, 2.75) is 46.6 Å². The van der Waals surface area contributed by atoms with Crippen molar-refractivity contribution in [2.75, 3.05) is 19.9 Å². The third kappa shape index (κ3) is 3.40. The van der Waals surface area contributed by atoms with Gasteiger partial charge in [-0.3, -0.25) is 9.48 Å². The lowest BCUT2D eigenvalue weighted by Crippen LogP contribution is -2.45. The van der Waals surface area contributed by atoms with Crippen LogP contribution < -0.4 is 9.47 Å². The number of fused-ring (bicyclic) bond motifs is 1. The first-order valence-corrected chi connectivity index (χ1v) is 9.69. The molecule has 6 nitrogen and oxygen atoms in total. The van der Waals surface area contributed by atoms with Gasteiger partial charge in [0.2, 0.25) is 6.79 Å². The molecule has 2 aliphatic heterocycles. The van der Waals surface area contributed by atoms with E-state index in [4.69, 9.17) is 9.47 Å². The highest BCUT2D eigenvalue weighted by Crippen LogP contribution is 2.38. The Labute approximate surface area is 160 Å². The summed E-state index contributed by atoms with van der Waals surface area (Å²) in [6.07, 6.45) is 4.76. The van der Waals surface area contributed by atoms with Gasteiger partial charge in [-0.1, -0.05) is 13.0 Å². The van der Waals surface area contributed by atoms with Crippen LogP contribution in [-0.4, -0.2) is 40.5 Å². The molecule has 6 heteroatoms. The highest BCUT2D eigenvalue weighted by Gasteiger charge is 2.34. The fourth-order valence-corrected chi connectivity index (χ4v) is 4.32. The standard InChI is InChI=1S/C21H27N3O3/c1-4-24-15(2)17(12-22-24)20(25)23-9-5-8-21(3,13-23)11-16-6-7-18-19(10-16)27-14-26-18/h6-7,10,12H,4-5,8-9,11,13-14H2,1-3H3/t21-/m1/s1. The molecule has 1 aromatic heterocycles. The summed E-state index contributed by atoms with van der Waals surface area (Å²) in [6, 6.07) is 6.16. The molecule has 0 aliphatic carbocycles. The second kappa shape index (κ2) is 6.91. The van der Waals surface area contributed by atoms with Crippen molar-refractivity contribution in [1.29, 1.82) is 0 Å². The number of ether oxygens (including phenoxy) is 2. The Balaban J connectivity index is 1.49. The summed E-state index contributed by atoms with van der Waals surface area (Å²) in [5.41, 5.74) is 2.96. The molecule has 27 heavy (non-hydrogen) atoms. The molecule has 4 rings (SSSR count). The van der Waals surface area contributed by atoms with Gasteiger partial charge in [0.05, 0.1) is 11.8 Å². The molecular weight excluding hydrogens is 342 g/mol. The third-order valence-corrected chi connectivity index (χ3v) is 5.77. The lowest BCUT2D eigenvalue weighted by atomic mass is 9.76. The number of hydrogen-bond acceptors (Lipinski definition) is 4. The van der Waals surface area contributed by atoms with Gasteiger partial charge >= 0.3 is 0 Å². The van der Waals surface area contributed by atoms with E-state index in [1.807, 2.05) is 29.5 Å². The van der Waals surface area contributed by atoms with Crippen molar-refractivity contribution < 1.29 is 14.3 Å². The molecule has 144 valence electrons. The SMILES string of the molecule is CCn1ncc(C(=O)N2CCC[C@](C)(Cc3ccc4c(c3)OCO4)C2)c1C. The number of nitrogens with zero attached hydrogens (tertiary/aromatic N) is 3. The lowest BCUT2D eigenvalue weighted by molar-refractivity contribution is 0.0550. The Morgan fingerprint density at radius 2 is 2.11 bits per heavy atom. The smallest absolute Gasteiger partial charge is 0.257 e. The van der Waals surface area contributed by atoms with Crippen molar-refractivity contribution in [3.63, 3.8) is 0 Å². The first-order chi connectivity index (χ1) is 13.0. The predicted octanol–water partition coefficient (Wildman–Crippen LogP) is 3.43. The first kappa shape index (κ1) is 17.9. The van der Waals surface area contributed by atoms with Gasteiger partial charge in [-0.05, 0) is 56.2 Å². The van der Waals surface area contributed by atoms with E-state index in [0.717, 1.165) is 61.7 Å². The van der Waals surface area contributed by atoms with Crippen LogP contribution in [0.4, 0.5) is 0 Å². The summed E-state index contributed by atoms with van der Waals surface area (Å²) in [7, 11) is 0. The molecule has 0 spiro atoms. The van der Waals surface area contributed by atoms with Crippen LogP contribution in [0.2, 0.25) is 0 Å².